The lowest BCUT2D eigenvalue weighted by Gasteiger charge is -2.13. The average Bonchev–Trinajstić information content (AvgIpc) is 2.55. The third kappa shape index (κ3) is 5.94. The second-order valence-corrected chi connectivity index (χ2v) is 5.36. The van der Waals surface area contributed by atoms with Crippen molar-refractivity contribution >= 4 is 24.0 Å². The molecule has 5 heteroatoms. The summed E-state index contributed by atoms with van der Waals surface area (Å²) in [6.07, 6.45) is 1.00. The number of hydrogen-bond donors (Lipinski definition) is 1. The second kappa shape index (κ2) is 10.4. The van der Waals surface area contributed by atoms with Crippen molar-refractivity contribution in [3.8, 4) is 11.5 Å². The van der Waals surface area contributed by atoms with Crippen LogP contribution >= 0.6 is 24.0 Å². The lowest BCUT2D eigenvalue weighted by molar-refractivity contribution is 0.311. The van der Waals surface area contributed by atoms with Crippen LogP contribution in [0.1, 0.15) is 18.1 Å². The molecule has 126 valence electrons. The third-order valence-corrected chi connectivity index (χ3v) is 3.62. The van der Waals surface area contributed by atoms with Gasteiger partial charge in [-0.05, 0) is 43.1 Å². The monoisotopic (exact) mass is 355 g/mol. The smallest absolute Gasteiger partial charge is 0.179 e. The van der Waals surface area contributed by atoms with Crippen LogP contribution < -0.4 is 14.8 Å². The maximum Gasteiger partial charge on any atom is 0.179 e. The van der Waals surface area contributed by atoms with E-state index in [-0.39, 0.29) is 12.4 Å². The minimum absolute atomic E-state index is 0. The van der Waals surface area contributed by atoms with Gasteiger partial charge in [0.15, 0.2) is 11.5 Å². The number of rotatable bonds is 8. The fourth-order valence-corrected chi connectivity index (χ4v) is 2.56. The van der Waals surface area contributed by atoms with E-state index in [1.54, 1.807) is 7.11 Å². The summed E-state index contributed by atoms with van der Waals surface area (Å²) in [7, 11) is 1.63. The molecule has 2 aromatic rings. The van der Waals surface area contributed by atoms with Gasteiger partial charge in [0.1, 0.15) is 0 Å². The Hall–Kier alpha value is -1.42. The van der Waals surface area contributed by atoms with Crippen LogP contribution in [0.25, 0.3) is 0 Å². The fourth-order valence-electron chi connectivity index (χ4n) is 2.27. The first-order valence-electron chi connectivity index (χ1n) is 7.48. The lowest BCUT2D eigenvalue weighted by Crippen LogP contribution is -2.16. The van der Waals surface area contributed by atoms with Gasteiger partial charge in [-0.2, -0.15) is 0 Å². The van der Waals surface area contributed by atoms with Crippen molar-refractivity contribution in [2.75, 3.05) is 20.3 Å². The van der Waals surface area contributed by atoms with Gasteiger partial charge in [0.05, 0.1) is 18.7 Å². The Labute approximate surface area is 149 Å². The normalized spacial score (nSPS) is 10.0. The topological polar surface area (TPSA) is 30.5 Å². The Kier molecular flexibility index (Phi) is 8.85. The van der Waals surface area contributed by atoms with E-state index in [9.17, 15) is 0 Å². The van der Waals surface area contributed by atoms with Crippen LogP contribution in [0.15, 0.2) is 42.5 Å². The number of benzene rings is 2. The van der Waals surface area contributed by atoms with Gasteiger partial charge < -0.3 is 14.8 Å². The minimum Gasteiger partial charge on any atom is -0.493 e. The summed E-state index contributed by atoms with van der Waals surface area (Å²) in [5.41, 5.74) is 2.41. The molecule has 0 heterocycles. The molecule has 0 radical (unpaired) electrons. The van der Waals surface area contributed by atoms with Gasteiger partial charge in [0.2, 0.25) is 0 Å². The van der Waals surface area contributed by atoms with E-state index >= 15 is 0 Å². The van der Waals surface area contributed by atoms with Crippen LogP contribution in [-0.4, -0.2) is 20.3 Å². The van der Waals surface area contributed by atoms with Crippen LogP contribution in [0.3, 0.4) is 0 Å². The summed E-state index contributed by atoms with van der Waals surface area (Å²) in [6.45, 7) is 4.14. The highest BCUT2D eigenvalue weighted by Crippen LogP contribution is 2.36. The predicted molar refractivity (Wildman–Crippen MR) is 98.3 cm³/mol. The lowest BCUT2D eigenvalue weighted by atomic mass is 10.1. The van der Waals surface area contributed by atoms with Crippen molar-refractivity contribution < 1.29 is 9.47 Å². The Bertz CT molecular complexity index is 591. The second-order valence-electron chi connectivity index (χ2n) is 4.95. The van der Waals surface area contributed by atoms with Gasteiger partial charge in [-0.25, -0.2) is 0 Å². The molecule has 23 heavy (non-hydrogen) atoms. The van der Waals surface area contributed by atoms with E-state index in [2.05, 4.69) is 29.6 Å². The standard InChI is InChI=1S/C18H22ClNO2.ClH/c1-3-22-18-16(19)11-15(12-17(18)21-2)13-20-10-9-14-7-5-4-6-8-14;/h4-8,11-12,20H,3,9-10,13H2,1-2H3;1H. The molecule has 0 spiro atoms. The van der Waals surface area contributed by atoms with Gasteiger partial charge in [-0.1, -0.05) is 41.9 Å². The Morgan fingerprint density at radius 2 is 1.83 bits per heavy atom. The SMILES string of the molecule is CCOc1c(Cl)cc(CNCCc2ccccc2)cc1OC.Cl. The number of methoxy groups -OCH3 is 1. The van der Waals surface area contributed by atoms with E-state index in [1.807, 2.05) is 25.1 Å². The molecular weight excluding hydrogens is 333 g/mol. The molecule has 0 saturated heterocycles. The van der Waals surface area contributed by atoms with Crippen LogP contribution in [-0.2, 0) is 13.0 Å². The van der Waals surface area contributed by atoms with Crippen molar-refractivity contribution in [3.63, 3.8) is 0 Å². The summed E-state index contributed by atoms with van der Waals surface area (Å²) < 4.78 is 10.9. The third-order valence-electron chi connectivity index (χ3n) is 3.34. The molecule has 0 aliphatic heterocycles. The summed E-state index contributed by atoms with van der Waals surface area (Å²) in [5.74, 6) is 1.29. The molecule has 2 aromatic carbocycles. The maximum atomic E-state index is 6.27. The highest BCUT2D eigenvalue weighted by molar-refractivity contribution is 6.32. The van der Waals surface area contributed by atoms with E-state index in [0.717, 1.165) is 25.1 Å². The van der Waals surface area contributed by atoms with Crippen molar-refractivity contribution in [2.45, 2.75) is 19.9 Å². The molecule has 0 aromatic heterocycles. The molecule has 0 amide bonds. The summed E-state index contributed by atoms with van der Waals surface area (Å²) in [5, 5.41) is 4.01. The number of halogens is 2. The van der Waals surface area contributed by atoms with E-state index in [4.69, 9.17) is 21.1 Å². The highest BCUT2D eigenvalue weighted by atomic mass is 35.5. The molecule has 1 N–H and O–H groups in total. The van der Waals surface area contributed by atoms with Crippen LogP contribution in [0.5, 0.6) is 11.5 Å². The molecule has 0 aliphatic carbocycles. The van der Waals surface area contributed by atoms with Crippen molar-refractivity contribution in [1.29, 1.82) is 0 Å². The zero-order valence-corrected chi connectivity index (χ0v) is 15.0. The van der Waals surface area contributed by atoms with E-state index in [0.29, 0.717) is 23.1 Å². The molecule has 2 rings (SSSR count). The van der Waals surface area contributed by atoms with E-state index in [1.165, 1.54) is 5.56 Å². The summed E-state index contributed by atoms with van der Waals surface area (Å²) >= 11 is 6.27. The van der Waals surface area contributed by atoms with Gasteiger partial charge in [0.25, 0.3) is 0 Å². The Morgan fingerprint density at radius 1 is 1.09 bits per heavy atom. The fraction of sp³-hybridized carbons (Fsp3) is 0.333. The molecule has 0 fully saturated rings. The maximum absolute atomic E-state index is 6.27. The van der Waals surface area contributed by atoms with Crippen LogP contribution in [0.4, 0.5) is 0 Å². The largest absolute Gasteiger partial charge is 0.493 e. The molecule has 0 aliphatic rings. The molecule has 3 nitrogen and oxygen atoms in total. The molecule has 0 unspecified atom stereocenters. The summed E-state index contributed by atoms with van der Waals surface area (Å²) in [4.78, 5) is 0. The van der Waals surface area contributed by atoms with Gasteiger partial charge in [-0.3, -0.25) is 0 Å². The van der Waals surface area contributed by atoms with E-state index < -0.39 is 0 Å². The van der Waals surface area contributed by atoms with Crippen molar-refractivity contribution in [3.05, 3.63) is 58.6 Å². The van der Waals surface area contributed by atoms with Crippen LogP contribution in [0.2, 0.25) is 5.02 Å². The quantitative estimate of drug-likeness (QED) is 0.707. The van der Waals surface area contributed by atoms with Gasteiger partial charge in [0, 0.05) is 6.54 Å². The first kappa shape index (κ1) is 19.6. The first-order valence-corrected chi connectivity index (χ1v) is 7.86. The minimum atomic E-state index is 0. The van der Waals surface area contributed by atoms with Crippen LogP contribution in [0, 0.1) is 0 Å². The average molecular weight is 356 g/mol. The highest BCUT2D eigenvalue weighted by Gasteiger charge is 2.11. The molecule has 0 bridgehead atoms. The molecule has 0 saturated carbocycles. The predicted octanol–water partition coefficient (Wildman–Crippen LogP) is 4.50. The molecule has 0 atom stereocenters. The number of ether oxygens (including phenoxy) is 2. The van der Waals surface area contributed by atoms with Gasteiger partial charge in [-0.15, -0.1) is 12.4 Å². The van der Waals surface area contributed by atoms with Crippen molar-refractivity contribution in [2.24, 2.45) is 0 Å². The first-order chi connectivity index (χ1) is 10.7. The summed E-state index contributed by atoms with van der Waals surface area (Å²) in [6, 6.07) is 14.3. The zero-order chi connectivity index (χ0) is 15.8. The number of hydrogen-bond acceptors (Lipinski definition) is 3. The zero-order valence-electron chi connectivity index (χ0n) is 13.5. The Morgan fingerprint density at radius 3 is 2.48 bits per heavy atom. The molecular formula is C18H23Cl2NO2. The Balaban J connectivity index is 0.00000264. The number of nitrogens with one attached hydrogen (secondary N) is 1. The van der Waals surface area contributed by atoms with Crippen molar-refractivity contribution in [1.82, 2.24) is 5.32 Å². The van der Waals surface area contributed by atoms with Gasteiger partial charge >= 0.3 is 0 Å².